The molecule has 27 heavy (non-hydrogen) atoms. The van der Waals surface area contributed by atoms with Crippen LogP contribution in [-0.4, -0.2) is 43.5 Å². The molecule has 0 aliphatic carbocycles. The average Bonchev–Trinajstić information content (AvgIpc) is 3.17. The molecule has 1 heterocycles. The molecule has 0 fully saturated rings. The lowest BCUT2D eigenvalue weighted by molar-refractivity contribution is 0.0941. The van der Waals surface area contributed by atoms with Crippen LogP contribution in [0.25, 0.3) is 10.9 Å². The number of H-pyrrole nitrogens is 1. The molecular weight excluding hydrogens is 346 g/mol. The fourth-order valence-corrected chi connectivity index (χ4v) is 2.82. The number of ether oxygens (including phenoxy) is 3. The quantitative estimate of drug-likeness (QED) is 0.596. The summed E-state index contributed by atoms with van der Waals surface area (Å²) >= 11 is 0. The highest BCUT2D eigenvalue weighted by Crippen LogP contribution is 2.30. The highest BCUT2D eigenvalue weighted by molar-refractivity contribution is 6.05. The van der Waals surface area contributed by atoms with E-state index >= 15 is 0 Å². The maximum Gasteiger partial charge on any atom is 0.253 e. The first kappa shape index (κ1) is 18.7. The summed E-state index contributed by atoms with van der Waals surface area (Å²) in [6, 6.07) is 10.9. The van der Waals surface area contributed by atoms with Crippen LogP contribution in [0.2, 0.25) is 0 Å². The van der Waals surface area contributed by atoms with Gasteiger partial charge in [0.25, 0.3) is 5.91 Å². The number of para-hydroxylation sites is 1. The topological polar surface area (TPSA) is 85.5 Å². The van der Waals surface area contributed by atoms with Crippen molar-refractivity contribution in [1.29, 1.82) is 0 Å². The Balaban J connectivity index is 1.74. The second-order valence-electron chi connectivity index (χ2n) is 6.09. The van der Waals surface area contributed by atoms with Crippen LogP contribution in [0.3, 0.4) is 0 Å². The van der Waals surface area contributed by atoms with Crippen LogP contribution < -0.4 is 14.8 Å². The van der Waals surface area contributed by atoms with Crippen LogP contribution in [-0.2, 0) is 4.74 Å². The maximum atomic E-state index is 12.7. The summed E-state index contributed by atoms with van der Waals surface area (Å²) in [7, 11) is 3.21. The Bertz CT molecular complexity index is 922. The van der Waals surface area contributed by atoms with Gasteiger partial charge in [-0.2, -0.15) is 5.10 Å². The number of carbonyl (C=O) groups is 1. The largest absolute Gasteiger partial charge is 0.493 e. The SMILES string of the molecule is COCCOc1ccc(C(C)NC(=O)c2cccc3cn[nH]c23)cc1OC. The molecule has 0 aliphatic rings. The van der Waals surface area contributed by atoms with Gasteiger partial charge in [-0.1, -0.05) is 18.2 Å². The Kier molecular flexibility index (Phi) is 5.93. The van der Waals surface area contributed by atoms with E-state index in [1.807, 2.05) is 37.3 Å². The van der Waals surface area contributed by atoms with Crippen molar-refractivity contribution >= 4 is 16.8 Å². The summed E-state index contributed by atoms with van der Waals surface area (Å²) in [6.07, 6.45) is 1.70. The number of methoxy groups -OCH3 is 2. The molecule has 3 rings (SSSR count). The van der Waals surface area contributed by atoms with Crippen molar-refractivity contribution in [1.82, 2.24) is 15.5 Å². The van der Waals surface area contributed by atoms with Gasteiger partial charge >= 0.3 is 0 Å². The lowest BCUT2D eigenvalue weighted by atomic mass is 10.1. The number of hydrogen-bond acceptors (Lipinski definition) is 5. The lowest BCUT2D eigenvalue weighted by Gasteiger charge is -2.17. The van der Waals surface area contributed by atoms with Crippen LogP contribution in [0.5, 0.6) is 11.5 Å². The summed E-state index contributed by atoms with van der Waals surface area (Å²) in [5.41, 5.74) is 2.20. The standard InChI is InChI=1S/C20H23N3O4/c1-13(14-7-8-17(18(11-14)26-3)27-10-9-25-2)22-20(24)16-6-4-5-15-12-21-23-19(15)16/h4-8,11-13H,9-10H2,1-3H3,(H,21,23)(H,22,24). The van der Waals surface area contributed by atoms with Gasteiger partial charge in [0.15, 0.2) is 11.5 Å². The van der Waals surface area contributed by atoms with Crippen LogP contribution in [0.4, 0.5) is 0 Å². The van der Waals surface area contributed by atoms with Gasteiger partial charge < -0.3 is 19.5 Å². The summed E-state index contributed by atoms with van der Waals surface area (Å²) in [5.74, 6) is 1.08. The summed E-state index contributed by atoms with van der Waals surface area (Å²) in [5, 5.41) is 10.8. The number of aromatic nitrogens is 2. The number of carbonyl (C=O) groups excluding carboxylic acids is 1. The second kappa shape index (κ2) is 8.55. The average molecular weight is 369 g/mol. The molecule has 1 aromatic heterocycles. The number of nitrogens with one attached hydrogen (secondary N) is 2. The Morgan fingerprint density at radius 3 is 2.81 bits per heavy atom. The third kappa shape index (κ3) is 4.20. The zero-order valence-corrected chi connectivity index (χ0v) is 15.6. The van der Waals surface area contributed by atoms with Gasteiger partial charge in [0.05, 0.1) is 37.0 Å². The molecule has 142 valence electrons. The van der Waals surface area contributed by atoms with Gasteiger partial charge in [-0.25, -0.2) is 0 Å². The molecule has 0 saturated heterocycles. The van der Waals surface area contributed by atoms with E-state index in [-0.39, 0.29) is 11.9 Å². The minimum Gasteiger partial charge on any atom is -0.493 e. The highest BCUT2D eigenvalue weighted by Gasteiger charge is 2.16. The molecule has 2 N–H and O–H groups in total. The number of hydrogen-bond donors (Lipinski definition) is 2. The zero-order chi connectivity index (χ0) is 19.2. The van der Waals surface area contributed by atoms with Crippen LogP contribution in [0.1, 0.15) is 28.9 Å². The van der Waals surface area contributed by atoms with Gasteiger partial charge in [0.1, 0.15) is 6.61 Å². The van der Waals surface area contributed by atoms with E-state index in [1.54, 1.807) is 26.5 Å². The van der Waals surface area contributed by atoms with Crippen molar-refractivity contribution in [2.45, 2.75) is 13.0 Å². The molecule has 2 aromatic carbocycles. The van der Waals surface area contributed by atoms with Crippen molar-refractivity contribution in [3.63, 3.8) is 0 Å². The Labute approximate surface area is 157 Å². The van der Waals surface area contributed by atoms with E-state index in [9.17, 15) is 4.79 Å². The smallest absolute Gasteiger partial charge is 0.253 e. The lowest BCUT2D eigenvalue weighted by Crippen LogP contribution is -2.26. The second-order valence-corrected chi connectivity index (χ2v) is 6.09. The molecule has 3 aromatic rings. The van der Waals surface area contributed by atoms with E-state index in [0.717, 1.165) is 16.5 Å². The molecule has 0 radical (unpaired) electrons. The number of rotatable bonds is 8. The van der Waals surface area contributed by atoms with Crippen molar-refractivity contribution < 1.29 is 19.0 Å². The normalized spacial score (nSPS) is 12.0. The fraction of sp³-hybridized carbons (Fsp3) is 0.300. The highest BCUT2D eigenvalue weighted by atomic mass is 16.5. The monoisotopic (exact) mass is 369 g/mol. The molecule has 0 spiro atoms. The minimum absolute atomic E-state index is 0.170. The first-order valence-electron chi connectivity index (χ1n) is 8.66. The van der Waals surface area contributed by atoms with E-state index in [2.05, 4.69) is 15.5 Å². The van der Waals surface area contributed by atoms with Crippen molar-refractivity contribution in [3.05, 3.63) is 53.7 Å². The summed E-state index contributed by atoms with van der Waals surface area (Å²) in [6.45, 7) is 2.86. The number of benzene rings is 2. The molecule has 1 unspecified atom stereocenters. The van der Waals surface area contributed by atoms with Crippen LogP contribution in [0, 0.1) is 0 Å². The Morgan fingerprint density at radius 1 is 1.19 bits per heavy atom. The molecule has 0 aliphatic heterocycles. The summed E-state index contributed by atoms with van der Waals surface area (Å²) < 4.78 is 16.0. The summed E-state index contributed by atoms with van der Waals surface area (Å²) in [4.78, 5) is 12.7. The van der Waals surface area contributed by atoms with Crippen molar-refractivity contribution in [2.75, 3.05) is 27.4 Å². The number of amides is 1. The first-order chi connectivity index (χ1) is 13.1. The zero-order valence-electron chi connectivity index (χ0n) is 15.6. The Hall–Kier alpha value is -3.06. The molecule has 1 amide bonds. The minimum atomic E-state index is -0.211. The number of fused-ring (bicyclic) bond motifs is 1. The fourth-order valence-electron chi connectivity index (χ4n) is 2.82. The predicted octanol–water partition coefficient (Wildman–Crippen LogP) is 3.09. The van der Waals surface area contributed by atoms with Crippen LogP contribution >= 0.6 is 0 Å². The van der Waals surface area contributed by atoms with Gasteiger partial charge in [-0.3, -0.25) is 9.89 Å². The van der Waals surface area contributed by atoms with Gasteiger partial charge in [0, 0.05) is 12.5 Å². The maximum absolute atomic E-state index is 12.7. The number of aromatic amines is 1. The van der Waals surface area contributed by atoms with Crippen molar-refractivity contribution in [3.8, 4) is 11.5 Å². The van der Waals surface area contributed by atoms with Crippen molar-refractivity contribution in [2.24, 2.45) is 0 Å². The first-order valence-corrected chi connectivity index (χ1v) is 8.66. The molecule has 0 saturated carbocycles. The van der Waals surface area contributed by atoms with Gasteiger partial charge in [0.2, 0.25) is 0 Å². The van der Waals surface area contributed by atoms with Crippen LogP contribution in [0.15, 0.2) is 42.6 Å². The third-order valence-electron chi connectivity index (χ3n) is 4.30. The Morgan fingerprint density at radius 2 is 2.04 bits per heavy atom. The molecule has 0 bridgehead atoms. The third-order valence-corrected chi connectivity index (χ3v) is 4.30. The molecular formula is C20H23N3O4. The molecule has 7 nitrogen and oxygen atoms in total. The van der Waals surface area contributed by atoms with E-state index in [1.165, 1.54) is 0 Å². The number of nitrogens with zero attached hydrogens (tertiary/aromatic N) is 1. The molecule has 7 heteroatoms. The van der Waals surface area contributed by atoms with E-state index in [0.29, 0.717) is 30.3 Å². The van der Waals surface area contributed by atoms with E-state index < -0.39 is 0 Å². The van der Waals surface area contributed by atoms with Gasteiger partial charge in [-0.05, 0) is 30.7 Å². The van der Waals surface area contributed by atoms with Gasteiger partial charge in [-0.15, -0.1) is 0 Å². The molecule has 1 atom stereocenters. The van der Waals surface area contributed by atoms with E-state index in [4.69, 9.17) is 14.2 Å². The predicted molar refractivity (Wildman–Crippen MR) is 102 cm³/mol.